The second kappa shape index (κ2) is 5.25. The van der Waals surface area contributed by atoms with Gasteiger partial charge >= 0.3 is 5.97 Å². The van der Waals surface area contributed by atoms with Crippen LogP contribution in [0.5, 0.6) is 0 Å². The van der Waals surface area contributed by atoms with Crippen molar-refractivity contribution in [1.82, 2.24) is 0 Å². The van der Waals surface area contributed by atoms with Gasteiger partial charge in [-0.05, 0) is 12.1 Å². The first-order valence-corrected chi connectivity index (χ1v) is 5.28. The van der Waals surface area contributed by atoms with Gasteiger partial charge < -0.3 is 14.2 Å². The van der Waals surface area contributed by atoms with E-state index in [1.165, 1.54) is 19.2 Å². The molecule has 92 valence electrons. The van der Waals surface area contributed by atoms with E-state index in [0.717, 1.165) is 0 Å². The van der Waals surface area contributed by atoms with E-state index in [9.17, 15) is 9.18 Å². The van der Waals surface area contributed by atoms with Crippen molar-refractivity contribution in [3.8, 4) is 0 Å². The summed E-state index contributed by atoms with van der Waals surface area (Å²) in [6.07, 6.45) is -0.807. The van der Waals surface area contributed by atoms with E-state index in [1.54, 1.807) is 12.1 Å². The van der Waals surface area contributed by atoms with Gasteiger partial charge in [0.05, 0.1) is 26.2 Å². The minimum atomic E-state index is -0.611. The summed E-state index contributed by atoms with van der Waals surface area (Å²) in [6, 6.07) is 6.01. The third-order valence-electron chi connectivity index (χ3n) is 2.49. The molecule has 2 atom stereocenters. The normalized spacial score (nSPS) is 23.6. The van der Waals surface area contributed by atoms with Crippen LogP contribution in [-0.4, -0.2) is 25.8 Å². The highest BCUT2D eigenvalue weighted by atomic mass is 19.1. The Kier molecular flexibility index (Phi) is 3.71. The van der Waals surface area contributed by atoms with E-state index in [0.29, 0.717) is 12.2 Å². The average Bonchev–Trinajstić information content (AvgIpc) is 2.77. The van der Waals surface area contributed by atoms with Crippen LogP contribution in [0.25, 0.3) is 0 Å². The standard InChI is InChI=1S/C12H13FO4/c1-15-11(14)6-10-7-16-12(17-10)8-3-2-4-9(13)5-8/h2-5,10,12H,6-7H2,1H3. The smallest absolute Gasteiger partial charge is 0.308 e. The largest absolute Gasteiger partial charge is 0.469 e. The van der Waals surface area contributed by atoms with Gasteiger partial charge in [0.25, 0.3) is 0 Å². The molecule has 0 N–H and O–H groups in total. The van der Waals surface area contributed by atoms with E-state index in [2.05, 4.69) is 4.74 Å². The van der Waals surface area contributed by atoms with Crippen LogP contribution in [-0.2, 0) is 19.0 Å². The number of esters is 1. The molecule has 1 aromatic rings. The van der Waals surface area contributed by atoms with Gasteiger partial charge in [-0.3, -0.25) is 4.79 Å². The van der Waals surface area contributed by atoms with Crippen molar-refractivity contribution in [2.24, 2.45) is 0 Å². The molecule has 4 nitrogen and oxygen atoms in total. The summed E-state index contributed by atoms with van der Waals surface area (Å²) in [4.78, 5) is 11.0. The minimum absolute atomic E-state index is 0.141. The molecule has 17 heavy (non-hydrogen) atoms. The average molecular weight is 240 g/mol. The van der Waals surface area contributed by atoms with Crippen LogP contribution in [0, 0.1) is 5.82 Å². The number of hydrogen-bond acceptors (Lipinski definition) is 4. The maximum absolute atomic E-state index is 13.0. The van der Waals surface area contributed by atoms with Crippen LogP contribution in [0.4, 0.5) is 4.39 Å². The Morgan fingerprint density at radius 2 is 2.41 bits per heavy atom. The molecular weight excluding hydrogens is 227 g/mol. The molecule has 1 aliphatic rings. The maximum Gasteiger partial charge on any atom is 0.308 e. The molecule has 0 saturated carbocycles. The van der Waals surface area contributed by atoms with E-state index in [4.69, 9.17) is 9.47 Å². The van der Waals surface area contributed by atoms with Crippen LogP contribution in [0.1, 0.15) is 18.3 Å². The fourth-order valence-corrected chi connectivity index (χ4v) is 1.65. The van der Waals surface area contributed by atoms with E-state index >= 15 is 0 Å². The lowest BCUT2D eigenvalue weighted by atomic mass is 10.2. The Balaban J connectivity index is 1.96. The third-order valence-corrected chi connectivity index (χ3v) is 2.49. The van der Waals surface area contributed by atoms with Crippen LogP contribution in [0.3, 0.4) is 0 Å². The van der Waals surface area contributed by atoms with Crippen molar-refractivity contribution < 1.29 is 23.4 Å². The molecule has 0 spiro atoms. The van der Waals surface area contributed by atoms with Gasteiger partial charge in [0, 0.05) is 5.56 Å². The van der Waals surface area contributed by atoms with Crippen LogP contribution in [0.15, 0.2) is 24.3 Å². The zero-order valence-corrected chi connectivity index (χ0v) is 9.39. The quantitative estimate of drug-likeness (QED) is 0.756. The number of carbonyl (C=O) groups excluding carboxylic acids is 1. The summed E-state index contributed by atoms with van der Waals surface area (Å²) in [6.45, 7) is 0.302. The summed E-state index contributed by atoms with van der Waals surface area (Å²) in [7, 11) is 1.32. The van der Waals surface area contributed by atoms with E-state index in [-0.39, 0.29) is 24.3 Å². The molecule has 1 heterocycles. The SMILES string of the molecule is COC(=O)CC1COC(c2cccc(F)c2)O1. The number of halogens is 1. The Bertz CT molecular complexity index is 407. The Hall–Kier alpha value is -1.46. The van der Waals surface area contributed by atoms with Crippen molar-refractivity contribution in [2.45, 2.75) is 18.8 Å². The molecule has 5 heteroatoms. The highest BCUT2D eigenvalue weighted by molar-refractivity contribution is 5.69. The molecule has 1 saturated heterocycles. The van der Waals surface area contributed by atoms with Crippen molar-refractivity contribution in [1.29, 1.82) is 0 Å². The summed E-state index contributed by atoms with van der Waals surface area (Å²) in [5.41, 5.74) is 0.609. The lowest BCUT2D eigenvalue weighted by Crippen LogP contribution is -2.16. The van der Waals surface area contributed by atoms with Crippen molar-refractivity contribution in [3.05, 3.63) is 35.6 Å². The number of rotatable bonds is 3. The van der Waals surface area contributed by atoms with Crippen LogP contribution in [0.2, 0.25) is 0 Å². The maximum atomic E-state index is 13.0. The molecular formula is C12H13FO4. The van der Waals surface area contributed by atoms with Gasteiger partial charge in [-0.2, -0.15) is 0 Å². The summed E-state index contributed by atoms with van der Waals surface area (Å²) < 4.78 is 28.4. The fourth-order valence-electron chi connectivity index (χ4n) is 1.65. The van der Waals surface area contributed by atoms with Gasteiger partial charge in [-0.25, -0.2) is 4.39 Å². The summed E-state index contributed by atoms with van der Waals surface area (Å²) in [5.74, 6) is -0.690. The van der Waals surface area contributed by atoms with Crippen molar-refractivity contribution in [2.75, 3.05) is 13.7 Å². The van der Waals surface area contributed by atoms with E-state index in [1.807, 2.05) is 0 Å². The van der Waals surface area contributed by atoms with Crippen LogP contribution < -0.4 is 0 Å². The Morgan fingerprint density at radius 1 is 1.59 bits per heavy atom. The lowest BCUT2D eigenvalue weighted by molar-refractivity contribution is -0.143. The van der Waals surface area contributed by atoms with Crippen LogP contribution >= 0.6 is 0 Å². The second-order valence-corrected chi connectivity index (χ2v) is 3.76. The zero-order valence-electron chi connectivity index (χ0n) is 9.39. The van der Waals surface area contributed by atoms with Gasteiger partial charge in [-0.1, -0.05) is 12.1 Å². The minimum Gasteiger partial charge on any atom is -0.469 e. The van der Waals surface area contributed by atoms with Gasteiger partial charge in [-0.15, -0.1) is 0 Å². The van der Waals surface area contributed by atoms with Crippen molar-refractivity contribution >= 4 is 5.97 Å². The molecule has 0 radical (unpaired) electrons. The molecule has 0 bridgehead atoms. The summed E-state index contributed by atoms with van der Waals surface area (Å²) in [5, 5.41) is 0. The number of carbonyl (C=O) groups is 1. The van der Waals surface area contributed by atoms with Gasteiger partial charge in [0.15, 0.2) is 6.29 Å². The molecule has 1 fully saturated rings. The number of hydrogen-bond donors (Lipinski definition) is 0. The molecule has 1 aromatic carbocycles. The Morgan fingerprint density at radius 3 is 3.12 bits per heavy atom. The monoisotopic (exact) mass is 240 g/mol. The Labute approximate surface area is 98.3 Å². The molecule has 0 aliphatic carbocycles. The first-order chi connectivity index (χ1) is 8.19. The third kappa shape index (κ3) is 3.01. The topological polar surface area (TPSA) is 44.8 Å². The molecule has 0 amide bonds. The number of methoxy groups -OCH3 is 1. The van der Waals surface area contributed by atoms with Gasteiger partial charge in [0.1, 0.15) is 5.82 Å². The molecule has 2 unspecified atom stereocenters. The molecule has 1 aliphatic heterocycles. The van der Waals surface area contributed by atoms with Gasteiger partial charge in [0.2, 0.25) is 0 Å². The highest BCUT2D eigenvalue weighted by Crippen LogP contribution is 2.28. The number of ether oxygens (including phenoxy) is 3. The lowest BCUT2D eigenvalue weighted by Gasteiger charge is -2.11. The summed E-state index contributed by atoms with van der Waals surface area (Å²) >= 11 is 0. The first-order valence-electron chi connectivity index (χ1n) is 5.28. The zero-order chi connectivity index (χ0) is 12.3. The first kappa shape index (κ1) is 12.0. The van der Waals surface area contributed by atoms with E-state index < -0.39 is 6.29 Å². The van der Waals surface area contributed by atoms with Crippen molar-refractivity contribution in [3.63, 3.8) is 0 Å². The highest BCUT2D eigenvalue weighted by Gasteiger charge is 2.29. The molecule has 0 aromatic heterocycles. The molecule has 2 rings (SSSR count). The predicted molar refractivity (Wildman–Crippen MR) is 56.6 cm³/mol. The fraction of sp³-hybridized carbons (Fsp3) is 0.417. The number of benzene rings is 1. The predicted octanol–water partition coefficient (Wildman–Crippen LogP) is 1.80. The second-order valence-electron chi connectivity index (χ2n) is 3.76.